The van der Waals surface area contributed by atoms with E-state index in [1.165, 1.54) is 6.33 Å². The van der Waals surface area contributed by atoms with Crippen LogP contribution in [0.4, 0.5) is 11.5 Å². The van der Waals surface area contributed by atoms with E-state index < -0.39 is 0 Å². The van der Waals surface area contributed by atoms with E-state index in [4.69, 9.17) is 25.6 Å². The molecule has 0 atom stereocenters. The molecule has 0 saturated heterocycles. The number of hydrogen-bond donors (Lipinski definition) is 1. The molecule has 4 aromatic rings. The summed E-state index contributed by atoms with van der Waals surface area (Å²) in [5, 5.41) is 7.81. The number of aromatic nitrogens is 3. The van der Waals surface area contributed by atoms with E-state index in [1.54, 1.807) is 26.4 Å². The Labute approximate surface area is 166 Å². The molecule has 2 aromatic heterocycles. The molecule has 0 unspecified atom stereocenters. The van der Waals surface area contributed by atoms with E-state index in [9.17, 15) is 0 Å². The first-order valence-electron chi connectivity index (χ1n) is 8.46. The Hall–Kier alpha value is -3.32. The highest BCUT2D eigenvalue weighted by molar-refractivity contribution is 6.32. The standard InChI is InChI=1S/C20H17ClN4O3/c1-11-4-6-12(7-5-11)17-18-19(28-25-17)20(23-10-22-18)24-14-8-13(21)15(26-2)9-16(14)27-3/h4-10H,1-3H3,(H,22,23,24). The topological polar surface area (TPSA) is 82.3 Å². The van der Waals surface area contributed by atoms with Gasteiger partial charge in [0.05, 0.1) is 24.9 Å². The van der Waals surface area contributed by atoms with Gasteiger partial charge < -0.3 is 19.3 Å². The van der Waals surface area contributed by atoms with E-state index in [-0.39, 0.29) is 0 Å². The number of fused-ring (bicyclic) bond motifs is 1. The lowest BCUT2D eigenvalue weighted by molar-refractivity contribution is 0.396. The average molecular weight is 397 g/mol. The second-order valence-electron chi connectivity index (χ2n) is 6.11. The van der Waals surface area contributed by atoms with Crippen LogP contribution in [0.3, 0.4) is 0 Å². The molecular formula is C20H17ClN4O3. The van der Waals surface area contributed by atoms with Crippen LogP contribution in [0.2, 0.25) is 5.02 Å². The van der Waals surface area contributed by atoms with E-state index in [0.717, 1.165) is 11.1 Å². The summed E-state index contributed by atoms with van der Waals surface area (Å²) in [5.41, 5.74) is 4.39. The van der Waals surface area contributed by atoms with Crippen molar-refractivity contribution in [3.8, 4) is 22.8 Å². The monoisotopic (exact) mass is 396 g/mol. The van der Waals surface area contributed by atoms with Crippen molar-refractivity contribution in [1.29, 1.82) is 0 Å². The first-order chi connectivity index (χ1) is 13.6. The van der Waals surface area contributed by atoms with Gasteiger partial charge in [-0.05, 0) is 13.0 Å². The Morgan fingerprint density at radius 1 is 1.00 bits per heavy atom. The molecule has 0 bridgehead atoms. The van der Waals surface area contributed by atoms with Crippen molar-refractivity contribution in [1.82, 2.24) is 15.1 Å². The van der Waals surface area contributed by atoms with Gasteiger partial charge in [0.15, 0.2) is 5.82 Å². The summed E-state index contributed by atoms with van der Waals surface area (Å²) in [5.74, 6) is 1.51. The molecule has 0 aliphatic rings. The van der Waals surface area contributed by atoms with Crippen LogP contribution in [0, 0.1) is 6.92 Å². The van der Waals surface area contributed by atoms with Crippen molar-refractivity contribution in [2.45, 2.75) is 6.92 Å². The smallest absolute Gasteiger partial charge is 0.228 e. The second-order valence-corrected chi connectivity index (χ2v) is 6.52. The maximum atomic E-state index is 6.25. The molecule has 0 fully saturated rings. The van der Waals surface area contributed by atoms with Crippen molar-refractivity contribution in [3.63, 3.8) is 0 Å². The lowest BCUT2D eigenvalue weighted by Crippen LogP contribution is -1.99. The number of nitrogens with one attached hydrogen (secondary N) is 1. The summed E-state index contributed by atoms with van der Waals surface area (Å²) in [4.78, 5) is 8.63. The number of halogens is 1. The van der Waals surface area contributed by atoms with Crippen LogP contribution in [-0.2, 0) is 0 Å². The molecule has 2 aromatic carbocycles. The highest BCUT2D eigenvalue weighted by Gasteiger charge is 2.18. The molecule has 1 N–H and O–H groups in total. The lowest BCUT2D eigenvalue weighted by atomic mass is 10.1. The molecule has 2 heterocycles. The third-order valence-corrected chi connectivity index (χ3v) is 4.60. The fourth-order valence-corrected chi connectivity index (χ4v) is 3.08. The number of ether oxygens (including phenoxy) is 2. The van der Waals surface area contributed by atoms with Crippen molar-refractivity contribution >= 4 is 34.2 Å². The van der Waals surface area contributed by atoms with Crippen molar-refractivity contribution in [3.05, 3.63) is 53.3 Å². The van der Waals surface area contributed by atoms with Crippen LogP contribution in [0.25, 0.3) is 22.4 Å². The number of benzene rings is 2. The molecule has 4 rings (SSSR count). The Balaban J connectivity index is 1.77. The number of hydrogen-bond acceptors (Lipinski definition) is 7. The molecule has 0 amide bonds. The maximum Gasteiger partial charge on any atom is 0.228 e. The maximum absolute atomic E-state index is 6.25. The van der Waals surface area contributed by atoms with Gasteiger partial charge in [-0.2, -0.15) is 0 Å². The number of aryl methyl sites for hydroxylation is 1. The van der Waals surface area contributed by atoms with E-state index in [1.807, 2.05) is 31.2 Å². The first-order valence-corrected chi connectivity index (χ1v) is 8.84. The minimum atomic E-state index is 0.437. The van der Waals surface area contributed by atoms with Gasteiger partial charge >= 0.3 is 0 Å². The molecule has 0 saturated carbocycles. The molecule has 7 nitrogen and oxygen atoms in total. The zero-order valence-corrected chi connectivity index (χ0v) is 16.2. The molecule has 0 aliphatic carbocycles. The highest BCUT2D eigenvalue weighted by atomic mass is 35.5. The van der Waals surface area contributed by atoms with Gasteiger partial charge in [0.1, 0.15) is 29.0 Å². The summed E-state index contributed by atoms with van der Waals surface area (Å²) in [6, 6.07) is 11.4. The summed E-state index contributed by atoms with van der Waals surface area (Å²) >= 11 is 6.25. The third-order valence-electron chi connectivity index (χ3n) is 4.31. The molecule has 8 heteroatoms. The Morgan fingerprint density at radius 3 is 2.46 bits per heavy atom. The predicted octanol–water partition coefficient (Wildman–Crippen LogP) is 5.01. The SMILES string of the molecule is COc1cc(OC)c(Nc2ncnc3c(-c4ccc(C)cc4)noc23)cc1Cl. The first kappa shape index (κ1) is 18.1. The van der Waals surface area contributed by atoms with Gasteiger partial charge in [0, 0.05) is 11.6 Å². The average Bonchev–Trinajstić information content (AvgIpc) is 3.14. The summed E-state index contributed by atoms with van der Waals surface area (Å²) in [6.07, 6.45) is 1.46. The van der Waals surface area contributed by atoms with Crippen molar-refractivity contribution < 1.29 is 14.0 Å². The summed E-state index contributed by atoms with van der Waals surface area (Å²) in [6.45, 7) is 2.03. The molecule has 0 radical (unpaired) electrons. The van der Waals surface area contributed by atoms with Crippen LogP contribution < -0.4 is 14.8 Å². The van der Waals surface area contributed by atoms with Gasteiger partial charge in [0.25, 0.3) is 0 Å². The van der Waals surface area contributed by atoms with Crippen LogP contribution >= 0.6 is 11.6 Å². The molecule has 28 heavy (non-hydrogen) atoms. The van der Waals surface area contributed by atoms with Crippen LogP contribution in [0.15, 0.2) is 47.2 Å². The number of nitrogens with zero attached hydrogens (tertiary/aromatic N) is 3. The fourth-order valence-electron chi connectivity index (χ4n) is 2.84. The number of methoxy groups -OCH3 is 2. The largest absolute Gasteiger partial charge is 0.495 e. The Morgan fingerprint density at radius 2 is 1.75 bits per heavy atom. The summed E-state index contributed by atoms with van der Waals surface area (Å²) in [7, 11) is 3.11. The Bertz CT molecular complexity index is 1140. The van der Waals surface area contributed by atoms with E-state index in [2.05, 4.69) is 20.4 Å². The van der Waals surface area contributed by atoms with Crippen LogP contribution in [-0.4, -0.2) is 29.3 Å². The normalized spacial score (nSPS) is 10.9. The van der Waals surface area contributed by atoms with Crippen LogP contribution in [0.5, 0.6) is 11.5 Å². The summed E-state index contributed by atoms with van der Waals surface area (Å²) < 4.78 is 16.2. The van der Waals surface area contributed by atoms with Gasteiger partial charge in [-0.25, -0.2) is 9.97 Å². The Kier molecular flexibility index (Phi) is 4.75. The van der Waals surface area contributed by atoms with Crippen molar-refractivity contribution in [2.24, 2.45) is 0 Å². The van der Waals surface area contributed by atoms with Gasteiger partial charge in [-0.15, -0.1) is 0 Å². The third kappa shape index (κ3) is 3.20. The van der Waals surface area contributed by atoms with E-state index in [0.29, 0.717) is 44.8 Å². The molecule has 0 aliphatic heterocycles. The molecule has 142 valence electrons. The predicted molar refractivity (Wildman–Crippen MR) is 108 cm³/mol. The molecule has 0 spiro atoms. The van der Waals surface area contributed by atoms with E-state index >= 15 is 0 Å². The number of anilines is 2. The van der Waals surface area contributed by atoms with Gasteiger partial charge in [-0.1, -0.05) is 46.6 Å². The number of rotatable bonds is 5. The minimum absolute atomic E-state index is 0.437. The lowest BCUT2D eigenvalue weighted by Gasteiger charge is -2.13. The van der Waals surface area contributed by atoms with Gasteiger partial charge in [-0.3, -0.25) is 0 Å². The zero-order chi connectivity index (χ0) is 19.7. The quantitative estimate of drug-likeness (QED) is 0.507. The van der Waals surface area contributed by atoms with Crippen molar-refractivity contribution in [2.75, 3.05) is 19.5 Å². The fraction of sp³-hybridized carbons (Fsp3) is 0.150. The minimum Gasteiger partial charge on any atom is -0.495 e. The van der Waals surface area contributed by atoms with Gasteiger partial charge in [0.2, 0.25) is 5.58 Å². The van der Waals surface area contributed by atoms with Crippen LogP contribution in [0.1, 0.15) is 5.56 Å². The zero-order valence-electron chi connectivity index (χ0n) is 15.5. The highest BCUT2D eigenvalue weighted by Crippen LogP contribution is 2.38. The second kappa shape index (κ2) is 7.36. The molecular weight excluding hydrogens is 380 g/mol.